The number of ketones is 9. The molecule has 6 aromatic heterocycles. The average Bonchev–Trinajstić information content (AvgIpc) is 0.864. The van der Waals surface area contributed by atoms with Gasteiger partial charge in [0.15, 0.2) is 4.34 Å². The Hall–Kier alpha value is -9.69. The van der Waals surface area contributed by atoms with E-state index in [1.165, 1.54) is 88.8 Å². The molecule has 15 aromatic rings. The first-order valence-corrected chi connectivity index (χ1v) is 55.4. The molecule has 0 aliphatic heterocycles. The predicted molar refractivity (Wildman–Crippen MR) is 616 cm³/mol. The summed E-state index contributed by atoms with van der Waals surface area (Å²) < 4.78 is 11.4. The summed E-state index contributed by atoms with van der Waals surface area (Å²) in [5, 5.41) is 42.8. The number of aromatic nitrogens is 9. The average molecular weight is 2280 g/mol. The maximum Gasteiger partial charge on any atom is 0.338 e. The van der Waals surface area contributed by atoms with Crippen LogP contribution in [-0.2, 0) is 105 Å². The van der Waals surface area contributed by atoms with Crippen LogP contribution < -0.4 is 4.74 Å². The van der Waals surface area contributed by atoms with Gasteiger partial charge in [-0.15, -0.1) is 43.1 Å². The summed E-state index contributed by atoms with van der Waals surface area (Å²) in [5.74, 6) is 3.44. The SMILES string of the molecule is CC(O)c1ccc(CC(=O)CS)cc1.COC(=O)c1ccsc1CC(=O)CS.COc1nc(C)nc(CC(=O)CS)n1.CSc1nnc(CC(=O)CS)s1.O=C(CS)CC(c1ccccc1)(c1ccccc1)c1ccccc1.O=C(CS)Cc1cc(O)ccc1Cl.O=C(CS)Cc1ccccc1-c1cc2ccccc2[nH]1.O=C(CS)Cc1nc(-c2ccc(Br)cc2)cs1.O=C(CS)Cc1nnc(-c2ccccc2)s1. The molecule has 15 rings (SSSR count). The Morgan fingerprint density at radius 2 is 0.958 bits per heavy atom. The fourth-order valence-corrected chi connectivity index (χ4v) is 18.5. The maximum absolute atomic E-state index is 12.5. The van der Waals surface area contributed by atoms with Crippen molar-refractivity contribution in [1.82, 2.24) is 45.3 Å². The van der Waals surface area contributed by atoms with Gasteiger partial charge in [0.1, 0.15) is 89.5 Å². The number of thiophene rings is 1. The predicted octanol–water partition coefficient (Wildman–Crippen LogP) is 21.6. The fourth-order valence-electron chi connectivity index (χ4n) is 13.1. The second-order valence-electron chi connectivity index (χ2n) is 30.7. The number of phenolic OH excluding ortho intramolecular Hbond substituents is 1. The molecular formula is C105H107BrClN9O14S14. The molecule has 0 aliphatic carbocycles. The molecular weight excluding hydrogens is 2180 g/mol. The number of hydrogen-bond donors (Lipinski definition) is 12. The number of aliphatic hydroxyl groups is 1. The number of aromatic amines is 1. The van der Waals surface area contributed by atoms with Gasteiger partial charge in [-0.3, -0.25) is 43.2 Å². The quantitative estimate of drug-likeness (QED) is 0.00745. The van der Waals surface area contributed by atoms with E-state index in [1.54, 1.807) is 31.4 Å². The van der Waals surface area contributed by atoms with E-state index in [4.69, 9.17) is 21.4 Å². The first kappa shape index (κ1) is 121. The molecule has 144 heavy (non-hydrogen) atoms. The molecule has 0 saturated heterocycles. The summed E-state index contributed by atoms with van der Waals surface area (Å²) in [4.78, 5) is 133. The first-order chi connectivity index (χ1) is 69.4. The van der Waals surface area contributed by atoms with Crippen molar-refractivity contribution in [3.05, 3.63) is 345 Å². The number of nitrogens with zero attached hydrogens (tertiary/aromatic N) is 8. The Labute approximate surface area is 920 Å². The maximum atomic E-state index is 12.5. The lowest BCUT2D eigenvalue weighted by molar-refractivity contribution is -0.118. The van der Waals surface area contributed by atoms with Crippen LogP contribution in [0.15, 0.2) is 268 Å². The number of halogens is 2. The molecule has 0 radical (unpaired) electrons. The molecule has 3 N–H and O–H groups in total. The number of rotatable bonds is 37. The first-order valence-electron chi connectivity index (χ1n) is 43.9. The van der Waals surface area contributed by atoms with E-state index in [1.807, 2.05) is 181 Å². The van der Waals surface area contributed by atoms with Crippen molar-refractivity contribution in [2.75, 3.05) is 72.3 Å². The van der Waals surface area contributed by atoms with Crippen LogP contribution in [0.2, 0.25) is 5.02 Å². The Bertz CT molecular complexity index is 6460. The summed E-state index contributed by atoms with van der Waals surface area (Å²) in [6.07, 6.45) is 4.44. The van der Waals surface area contributed by atoms with Crippen molar-refractivity contribution < 1.29 is 67.6 Å². The zero-order valence-electron chi connectivity index (χ0n) is 78.8. The van der Waals surface area contributed by atoms with Crippen molar-refractivity contribution in [2.45, 2.75) is 87.5 Å². The molecule has 39 heteroatoms. The van der Waals surface area contributed by atoms with E-state index < -0.39 is 17.5 Å². The van der Waals surface area contributed by atoms with Crippen LogP contribution in [0.3, 0.4) is 0 Å². The number of para-hydroxylation sites is 1. The molecule has 0 saturated carbocycles. The minimum absolute atomic E-state index is 0.000867. The number of aliphatic hydroxyl groups excluding tert-OH is 1. The van der Waals surface area contributed by atoms with Crippen molar-refractivity contribution in [2.24, 2.45) is 0 Å². The lowest BCUT2D eigenvalue weighted by atomic mass is 9.66. The van der Waals surface area contributed by atoms with Gasteiger partial charge in [0, 0.05) is 137 Å². The summed E-state index contributed by atoms with van der Waals surface area (Å²) in [6, 6.07) is 80.7. The molecule has 754 valence electrons. The van der Waals surface area contributed by atoms with Crippen LogP contribution in [0.4, 0.5) is 0 Å². The number of aromatic hydroxyl groups is 1. The van der Waals surface area contributed by atoms with Crippen LogP contribution in [0.1, 0.15) is 100 Å². The number of nitrogens with one attached hydrogen (secondary N) is 1. The number of ether oxygens (including phenoxy) is 2. The number of carbonyl (C=O) groups excluding carboxylic acids is 10. The van der Waals surface area contributed by atoms with Gasteiger partial charge >= 0.3 is 12.0 Å². The van der Waals surface area contributed by atoms with E-state index in [-0.39, 0.29) is 135 Å². The molecule has 0 spiro atoms. The summed E-state index contributed by atoms with van der Waals surface area (Å²) in [7, 11) is 2.79. The highest BCUT2D eigenvalue weighted by atomic mass is 79.9. The van der Waals surface area contributed by atoms with Gasteiger partial charge in [0.05, 0.1) is 62.7 Å². The van der Waals surface area contributed by atoms with Gasteiger partial charge in [0.2, 0.25) is 0 Å². The number of phenols is 1. The Morgan fingerprint density at radius 3 is 1.49 bits per heavy atom. The molecule has 0 fully saturated rings. The van der Waals surface area contributed by atoms with Gasteiger partial charge in [-0.1, -0.05) is 262 Å². The number of benzene rings is 9. The minimum Gasteiger partial charge on any atom is -0.508 e. The van der Waals surface area contributed by atoms with Crippen LogP contribution >= 0.6 is 198 Å². The van der Waals surface area contributed by atoms with E-state index >= 15 is 0 Å². The fraction of sp³-hybridized carbons (Fsp3) is 0.238. The molecule has 0 bridgehead atoms. The van der Waals surface area contributed by atoms with Crippen molar-refractivity contribution >= 4 is 267 Å². The smallest absolute Gasteiger partial charge is 0.338 e. The van der Waals surface area contributed by atoms with E-state index in [9.17, 15) is 53.1 Å². The van der Waals surface area contributed by atoms with Gasteiger partial charge in [-0.05, 0) is 113 Å². The number of Topliss-reactive ketones (excluding diaryl/α,β-unsaturated/α-hetero) is 9. The van der Waals surface area contributed by atoms with Crippen LogP contribution in [-0.4, -0.2) is 186 Å². The third kappa shape index (κ3) is 41.9. The zero-order valence-corrected chi connectivity index (χ0v) is 93.3. The summed E-state index contributed by atoms with van der Waals surface area (Å²) >= 11 is 52.1. The number of methoxy groups -OCH3 is 2. The van der Waals surface area contributed by atoms with Gasteiger partial charge in [-0.25, -0.2) is 14.8 Å². The highest BCUT2D eigenvalue weighted by Crippen LogP contribution is 2.43. The van der Waals surface area contributed by atoms with Crippen molar-refractivity contribution in [3.63, 3.8) is 0 Å². The topological polar surface area (TPSA) is 349 Å². The largest absolute Gasteiger partial charge is 0.508 e. The number of aryl methyl sites for hydroxylation is 1. The number of H-pyrrole nitrogens is 1. The Morgan fingerprint density at radius 1 is 0.472 bits per heavy atom. The lowest BCUT2D eigenvalue weighted by Crippen LogP contribution is -2.32. The zero-order chi connectivity index (χ0) is 105. The van der Waals surface area contributed by atoms with E-state index in [0.717, 1.165) is 101 Å². The van der Waals surface area contributed by atoms with E-state index in [0.29, 0.717) is 66.3 Å². The Balaban J connectivity index is 0.000000222. The molecule has 9 aromatic carbocycles. The van der Waals surface area contributed by atoms with Gasteiger partial charge in [-0.2, -0.15) is 124 Å². The minimum atomic E-state index is -0.496. The molecule has 0 aliphatic rings. The second-order valence-corrected chi connectivity index (χ2v) is 40.0. The van der Waals surface area contributed by atoms with Crippen molar-refractivity contribution in [1.29, 1.82) is 0 Å². The van der Waals surface area contributed by atoms with Crippen LogP contribution in [0.5, 0.6) is 11.8 Å². The number of thioether (sulfide) groups is 1. The molecule has 1 unspecified atom stereocenters. The Kier molecular flexibility index (Phi) is 56.0. The molecule has 6 heterocycles. The summed E-state index contributed by atoms with van der Waals surface area (Å²) in [5.41, 5.74) is 13.1. The van der Waals surface area contributed by atoms with Gasteiger partial charge < -0.3 is 24.7 Å². The molecule has 0 amide bonds. The highest BCUT2D eigenvalue weighted by molar-refractivity contribution is 9.10. The van der Waals surface area contributed by atoms with Crippen LogP contribution in [0.25, 0.3) is 44.0 Å². The van der Waals surface area contributed by atoms with Crippen molar-refractivity contribution in [3.8, 4) is 44.8 Å². The number of thiol groups is 9. The summed E-state index contributed by atoms with van der Waals surface area (Å²) in [6.45, 7) is 3.44. The monoisotopic (exact) mass is 2280 g/mol. The number of carbonyl (C=O) groups is 10. The van der Waals surface area contributed by atoms with Gasteiger partial charge in [0.25, 0.3) is 0 Å². The third-order valence-corrected chi connectivity index (χ3v) is 28.7. The number of esters is 1. The normalized spacial score (nSPS) is 10.6. The van der Waals surface area contributed by atoms with E-state index in [2.05, 4.69) is 234 Å². The highest BCUT2D eigenvalue weighted by Gasteiger charge is 2.38. The lowest BCUT2D eigenvalue weighted by Gasteiger charge is -2.35. The molecule has 1 atom stereocenters. The van der Waals surface area contributed by atoms with Crippen LogP contribution in [0, 0.1) is 6.92 Å². The standard InChI is InChI=1S/C22H20OS.C17H15NOS.C12H10BrNOS2.C11H10N2OS2.C11H14O2S.C9H9ClO2S.C9H10O3S2.C8H11N3O2S.C6H8N2OS3/c23-21(17-24)16-22(18-10-4-1-5-11-18,19-12-6-2-7-13-19)20-14-8-3-9-15-20;19-14(11-20)9-12-5-1-3-7-15(12)17-10-13-6-2-4-8-16(13)18-17;13-9-3-1-8(2-4-9)11-7-17-12(14-11)5-10(15)6-16;14-9(7-15)6-10-12-13-11(16-10)8-4-2-1-3-5-8;1-8(12)10-4-2-9(3-5-10)6-11(13)7-14;10-9-2-1-7(11)3-6(9)4-8(12)5-13;1-12-9(11)7-2-3-14-8(7)4-6(10)5-13;1-5-9-7(3-6(12)4-14)11-8(10-5)13-2;1-11-6-8-7-5(12-6)2-4(9)3-10/h1-15,24H,16-17H2;1-8,10,18,20H,9,11H2;1-4,7,16H,5-6H2;1-5,15H,6-7H2;2-5,8,12,14H,6-7H2,1H3;1-3,11,13H,4-5H2;2-3,13H,4-5H2,1H3;14H,3-4H2,1-2H3;10H,2-3H2,1H3. The number of fused-ring (bicyclic) bond motifs is 1. The number of thiazole rings is 1. The molecule has 23 nitrogen and oxygen atoms in total. The third-order valence-electron chi connectivity index (χ3n) is 20.0. The number of hydrogen-bond acceptors (Lipinski definition) is 36. The second kappa shape index (κ2) is 66.5.